The number of hydrogen-bond donors (Lipinski definition) is 1. The minimum atomic E-state index is -5.07. The van der Waals surface area contributed by atoms with Crippen molar-refractivity contribution in [3.8, 4) is 0 Å². The van der Waals surface area contributed by atoms with Crippen molar-refractivity contribution in [1.82, 2.24) is 0 Å². The molecule has 1 N–H and O–H groups in total. The van der Waals surface area contributed by atoms with Crippen LogP contribution in [0, 0.1) is 0 Å². The van der Waals surface area contributed by atoms with Crippen molar-refractivity contribution in [3.63, 3.8) is 0 Å². The first-order valence-corrected chi connectivity index (χ1v) is 9.02. The Morgan fingerprint density at radius 3 is 1.40 bits per heavy atom. The van der Waals surface area contributed by atoms with Gasteiger partial charge >= 0.3 is 12.4 Å². The van der Waals surface area contributed by atoms with Crippen LogP contribution in [0.1, 0.15) is 23.0 Å². The lowest BCUT2D eigenvalue weighted by Gasteiger charge is -2.28. The smallest absolute Gasteiger partial charge is 0.401 e. The van der Waals surface area contributed by atoms with Crippen LogP contribution >= 0.6 is 0 Å². The average molecular weight is 456 g/mol. The van der Waals surface area contributed by atoms with Crippen molar-refractivity contribution in [2.45, 2.75) is 24.2 Å². The molecular weight excluding hydrogens is 440 g/mol. The van der Waals surface area contributed by atoms with Crippen molar-refractivity contribution in [2.24, 2.45) is 5.16 Å². The molecule has 166 valence electrons. The summed E-state index contributed by atoms with van der Waals surface area (Å²) in [5.74, 6) is -5.38. The van der Waals surface area contributed by atoms with Crippen molar-refractivity contribution >= 4 is 17.1 Å². The standard InChI is InChI=1S/C17H13F6NO.CH4O3S/c18-16(19,20)13(11-7-3-1-4-8-11)15(24-25)14(17(21,22)23)12-9-5-2-6-10-12;1-4-5(2)3/h1-10,13-14,25H;1H3,(H,2,3)/p-1. The van der Waals surface area contributed by atoms with E-state index in [0.29, 0.717) is 0 Å². The Morgan fingerprint density at radius 1 is 0.900 bits per heavy atom. The molecule has 2 rings (SSSR count). The molecule has 0 spiro atoms. The van der Waals surface area contributed by atoms with Gasteiger partial charge in [-0.1, -0.05) is 65.8 Å². The highest BCUT2D eigenvalue weighted by Crippen LogP contribution is 2.45. The van der Waals surface area contributed by atoms with Crippen molar-refractivity contribution in [1.29, 1.82) is 0 Å². The van der Waals surface area contributed by atoms with Gasteiger partial charge in [-0.3, -0.25) is 0 Å². The summed E-state index contributed by atoms with van der Waals surface area (Å²) in [6.45, 7) is 0. The molecule has 30 heavy (non-hydrogen) atoms. The maximum atomic E-state index is 13.5. The molecule has 0 aliphatic carbocycles. The largest absolute Gasteiger partial charge is 0.750 e. The van der Waals surface area contributed by atoms with Crippen molar-refractivity contribution in [2.75, 3.05) is 7.11 Å². The molecule has 0 saturated carbocycles. The molecule has 2 aromatic rings. The summed E-state index contributed by atoms with van der Waals surface area (Å²) >= 11 is -2.32. The first-order chi connectivity index (χ1) is 13.9. The molecule has 0 saturated heterocycles. The van der Waals surface area contributed by atoms with Gasteiger partial charge in [-0.2, -0.15) is 26.3 Å². The van der Waals surface area contributed by atoms with E-state index in [4.69, 9.17) is 14.0 Å². The molecule has 2 aromatic carbocycles. The first-order valence-electron chi connectivity index (χ1n) is 8.02. The monoisotopic (exact) mass is 456 g/mol. The molecule has 5 nitrogen and oxygen atoms in total. The Hall–Kier alpha value is -2.44. The van der Waals surface area contributed by atoms with Gasteiger partial charge < -0.3 is 13.9 Å². The van der Waals surface area contributed by atoms with Gasteiger partial charge in [0.1, 0.15) is 11.8 Å². The van der Waals surface area contributed by atoms with E-state index in [2.05, 4.69) is 9.34 Å². The highest BCUT2D eigenvalue weighted by Gasteiger charge is 2.54. The Labute approximate surface area is 170 Å². The third-order valence-corrected chi connectivity index (χ3v) is 4.04. The third-order valence-electron chi connectivity index (χ3n) is 3.76. The van der Waals surface area contributed by atoms with E-state index in [0.717, 1.165) is 31.4 Å². The summed E-state index contributed by atoms with van der Waals surface area (Å²) in [6.07, 6.45) is -10.1. The second kappa shape index (κ2) is 11.1. The van der Waals surface area contributed by atoms with Gasteiger partial charge in [-0.05, 0) is 11.1 Å². The van der Waals surface area contributed by atoms with Crippen molar-refractivity contribution < 1.29 is 44.5 Å². The Bertz CT molecular complexity index is 769. The lowest BCUT2D eigenvalue weighted by molar-refractivity contribution is -0.148. The van der Waals surface area contributed by atoms with Crippen LogP contribution in [0.15, 0.2) is 65.8 Å². The maximum absolute atomic E-state index is 13.5. The van der Waals surface area contributed by atoms with Crippen LogP contribution in [-0.2, 0) is 15.5 Å². The minimum absolute atomic E-state index is 0.437. The fraction of sp³-hybridized carbons (Fsp3) is 0.278. The molecule has 0 amide bonds. The lowest BCUT2D eigenvalue weighted by atomic mass is 9.82. The second-order valence-corrected chi connectivity index (χ2v) is 6.41. The SMILES string of the molecule is COS(=O)[O-].ON=C(C(c1ccccc1)C(F)(F)F)C(c1ccccc1)C(F)(F)F. The highest BCUT2D eigenvalue weighted by molar-refractivity contribution is 7.74. The lowest BCUT2D eigenvalue weighted by Crippen LogP contribution is -2.38. The molecule has 0 heterocycles. The average Bonchev–Trinajstić information content (AvgIpc) is 2.67. The Kier molecular flexibility index (Phi) is 9.46. The predicted molar refractivity (Wildman–Crippen MR) is 95.6 cm³/mol. The molecule has 0 aromatic heterocycles. The predicted octanol–water partition coefficient (Wildman–Crippen LogP) is 4.94. The van der Waals surface area contributed by atoms with Crippen LogP contribution in [0.4, 0.5) is 26.3 Å². The number of halogens is 6. The fourth-order valence-corrected chi connectivity index (χ4v) is 2.63. The number of hydrogen-bond acceptors (Lipinski definition) is 5. The zero-order valence-electron chi connectivity index (χ0n) is 15.2. The number of rotatable bonds is 5. The van der Waals surface area contributed by atoms with Gasteiger partial charge in [0, 0.05) is 0 Å². The summed E-state index contributed by atoms with van der Waals surface area (Å²) in [5.41, 5.74) is -2.29. The van der Waals surface area contributed by atoms with Gasteiger partial charge in [-0.25, -0.2) is 4.21 Å². The first kappa shape index (κ1) is 25.6. The topological polar surface area (TPSA) is 82.0 Å². The molecule has 3 unspecified atom stereocenters. The third kappa shape index (κ3) is 7.43. The summed E-state index contributed by atoms with van der Waals surface area (Å²) in [5, 5.41) is 11.6. The van der Waals surface area contributed by atoms with Crippen LogP contribution in [-0.4, -0.2) is 39.1 Å². The van der Waals surface area contributed by atoms with Crippen LogP contribution in [0.5, 0.6) is 0 Å². The van der Waals surface area contributed by atoms with Crippen LogP contribution in [0.2, 0.25) is 0 Å². The van der Waals surface area contributed by atoms with Gasteiger partial charge in [0.15, 0.2) is 0 Å². The summed E-state index contributed by atoms with van der Waals surface area (Å²) in [4.78, 5) is 0. The Balaban J connectivity index is 0.000000804. The van der Waals surface area contributed by atoms with Crippen molar-refractivity contribution in [3.05, 3.63) is 71.8 Å². The zero-order chi connectivity index (χ0) is 22.9. The number of oxime groups is 1. The van der Waals surface area contributed by atoms with E-state index in [1.807, 2.05) is 0 Å². The maximum Gasteiger partial charge on any atom is 0.401 e. The summed E-state index contributed by atoms with van der Waals surface area (Å²) < 4.78 is 103. The van der Waals surface area contributed by atoms with Crippen LogP contribution < -0.4 is 0 Å². The van der Waals surface area contributed by atoms with E-state index >= 15 is 0 Å². The van der Waals surface area contributed by atoms with E-state index in [1.54, 1.807) is 0 Å². The second-order valence-electron chi connectivity index (χ2n) is 5.67. The Morgan fingerprint density at radius 2 is 1.20 bits per heavy atom. The fourth-order valence-electron chi connectivity index (χ4n) is 2.63. The molecule has 0 aliphatic heterocycles. The van der Waals surface area contributed by atoms with Gasteiger partial charge in [0.05, 0.1) is 24.2 Å². The van der Waals surface area contributed by atoms with Crippen LogP contribution in [0.3, 0.4) is 0 Å². The number of benzene rings is 2. The van der Waals surface area contributed by atoms with E-state index in [1.165, 1.54) is 36.4 Å². The minimum Gasteiger partial charge on any atom is -0.750 e. The number of nitrogens with zero attached hydrogens (tertiary/aromatic N) is 1. The molecular formula is C18H16F6NO4S-. The quantitative estimate of drug-likeness (QED) is 0.227. The van der Waals surface area contributed by atoms with Gasteiger partial charge in [0.25, 0.3) is 0 Å². The normalized spacial score (nSPS) is 14.7. The van der Waals surface area contributed by atoms with E-state index < -0.39 is 52.4 Å². The molecule has 0 bridgehead atoms. The van der Waals surface area contributed by atoms with Crippen LogP contribution in [0.25, 0.3) is 0 Å². The molecule has 0 aliphatic rings. The van der Waals surface area contributed by atoms with E-state index in [-0.39, 0.29) is 0 Å². The molecule has 0 fully saturated rings. The highest BCUT2D eigenvalue weighted by atomic mass is 32.2. The molecule has 12 heteroatoms. The molecule has 0 radical (unpaired) electrons. The molecule has 3 atom stereocenters. The zero-order valence-corrected chi connectivity index (χ0v) is 16.0. The van der Waals surface area contributed by atoms with Gasteiger partial charge in [-0.15, -0.1) is 0 Å². The summed E-state index contributed by atoms with van der Waals surface area (Å²) in [7, 11) is 1.09. The summed E-state index contributed by atoms with van der Waals surface area (Å²) in [6, 6.07) is 12.1. The number of alkyl halides is 6. The van der Waals surface area contributed by atoms with Gasteiger partial charge in [0.2, 0.25) is 0 Å². The van der Waals surface area contributed by atoms with E-state index in [9.17, 15) is 26.3 Å².